The minimum absolute atomic E-state index is 0.359. The van der Waals surface area contributed by atoms with Crippen LogP contribution in [0.25, 0.3) is 0 Å². The number of benzene rings is 1. The van der Waals surface area contributed by atoms with E-state index in [0.29, 0.717) is 36.4 Å². The van der Waals surface area contributed by atoms with Crippen LogP contribution in [0.1, 0.15) is 96.5 Å². The molecular weight excluding hydrogens is 458 g/mol. The van der Waals surface area contributed by atoms with Gasteiger partial charge in [-0.2, -0.15) is 0 Å². The standard InChI is InChI=1S/C32H51N3O2/c1-4-24-11-14-27(15-12-24)32-33(3)29-16-13-25(21-26-18-20-37-23-26)22-30(29)35(32)19-17-31(36)34(5-2)28-9-7-6-8-10-28/h13,16,22,24,26-28,32H,4-12,14-15,17-21,23H2,1-3H3/t24-,26-,27-,32?/m1/s1. The second-order valence-corrected chi connectivity index (χ2v) is 12.4. The third-order valence-electron chi connectivity index (χ3n) is 10.1. The summed E-state index contributed by atoms with van der Waals surface area (Å²) >= 11 is 0. The maximum Gasteiger partial charge on any atom is 0.224 e. The topological polar surface area (TPSA) is 36.0 Å². The Morgan fingerprint density at radius 2 is 1.76 bits per heavy atom. The van der Waals surface area contributed by atoms with Crippen molar-refractivity contribution >= 4 is 17.3 Å². The lowest BCUT2D eigenvalue weighted by Gasteiger charge is -2.41. The molecule has 3 fully saturated rings. The second-order valence-electron chi connectivity index (χ2n) is 12.4. The lowest BCUT2D eigenvalue weighted by Crippen LogP contribution is -2.49. The molecule has 2 saturated carbocycles. The van der Waals surface area contributed by atoms with Crippen molar-refractivity contribution in [1.29, 1.82) is 0 Å². The third kappa shape index (κ3) is 5.97. The summed E-state index contributed by atoms with van der Waals surface area (Å²) in [5, 5.41) is 0. The molecule has 5 rings (SSSR count). The number of ether oxygens (including phenoxy) is 1. The van der Waals surface area contributed by atoms with Gasteiger partial charge in [0, 0.05) is 45.8 Å². The monoisotopic (exact) mass is 509 g/mol. The molecule has 2 heterocycles. The average Bonchev–Trinajstić information content (AvgIpc) is 3.54. The second kappa shape index (κ2) is 12.4. The van der Waals surface area contributed by atoms with Crippen LogP contribution in [0.3, 0.4) is 0 Å². The summed E-state index contributed by atoms with van der Waals surface area (Å²) in [6, 6.07) is 7.60. The van der Waals surface area contributed by atoms with Gasteiger partial charge in [-0.25, -0.2) is 0 Å². The Balaban J connectivity index is 1.34. The molecule has 5 nitrogen and oxygen atoms in total. The minimum Gasteiger partial charge on any atom is -0.381 e. The van der Waals surface area contributed by atoms with Crippen LogP contribution in [-0.4, -0.2) is 56.4 Å². The fourth-order valence-corrected chi connectivity index (χ4v) is 7.90. The molecule has 4 aliphatic rings. The Labute approximate surface area is 225 Å². The summed E-state index contributed by atoms with van der Waals surface area (Å²) in [6.45, 7) is 7.99. The number of anilines is 2. The van der Waals surface area contributed by atoms with Gasteiger partial charge in [0.1, 0.15) is 6.17 Å². The number of carbonyl (C=O) groups is 1. The number of carbonyl (C=O) groups excluding carboxylic acids is 1. The molecule has 0 spiro atoms. The molecule has 37 heavy (non-hydrogen) atoms. The van der Waals surface area contributed by atoms with Crippen LogP contribution < -0.4 is 9.80 Å². The molecule has 2 atom stereocenters. The molecule has 206 valence electrons. The van der Waals surface area contributed by atoms with Gasteiger partial charge in [0.2, 0.25) is 5.91 Å². The highest BCUT2D eigenvalue weighted by atomic mass is 16.5. The molecule has 1 saturated heterocycles. The van der Waals surface area contributed by atoms with Crippen LogP contribution in [-0.2, 0) is 16.0 Å². The first-order chi connectivity index (χ1) is 18.1. The maximum atomic E-state index is 13.6. The largest absolute Gasteiger partial charge is 0.381 e. The zero-order valence-corrected chi connectivity index (χ0v) is 23.8. The van der Waals surface area contributed by atoms with E-state index < -0.39 is 0 Å². The van der Waals surface area contributed by atoms with E-state index in [9.17, 15) is 4.79 Å². The minimum atomic E-state index is 0.359. The van der Waals surface area contributed by atoms with Crippen molar-refractivity contribution in [2.75, 3.05) is 43.2 Å². The Hall–Kier alpha value is -1.75. The highest BCUT2D eigenvalue weighted by Gasteiger charge is 2.40. The van der Waals surface area contributed by atoms with Gasteiger partial charge >= 0.3 is 0 Å². The predicted octanol–water partition coefficient (Wildman–Crippen LogP) is 6.64. The molecule has 1 aromatic carbocycles. The SMILES string of the molecule is CCN(C(=O)CCN1c2cc(C[C@H]3CCOC3)ccc2N(C)C1[C@H]1CC[C@H](CC)CC1)C1CCCCC1. The fourth-order valence-electron chi connectivity index (χ4n) is 7.90. The van der Waals surface area contributed by atoms with Crippen LogP contribution in [0.15, 0.2) is 18.2 Å². The number of nitrogens with zero attached hydrogens (tertiary/aromatic N) is 3. The molecule has 2 aliphatic carbocycles. The molecule has 0 aromatic heterocycles. The van der Waals surface area contributed by atoms with Gasteiger partial charge in [0.25, 0.3) is 0 Å². The van der Waals surface area contributed by atoms with Gasteiger partial charge in [-0.3, -0.25) is 4.79 Å². The Morgan fingerprint density at radius 3 is 2.43 bits per heavy atom. The molecule has 0 bridgehead atoms. The molecule has 0 N–H and O–H groups in total. The lowest BCUT2D eigenvalue weighted by molar-refractivity contribution is -0.133. The van der Waals surface area contributed by atoms with Gasteiger partial charge in [0.05, 0.1) is 11.4 Å². The molecule has 2 aliphatic heterocycles. The first kappa shape index (κ1) is 26.8. The number of amides is 1. The quantitative estimate of drug-likeness (QED) is 0.374. The van der Waals surface area contributed by atoms with Crippen LogP contribution in [0, 0.1) is 17.8 Å². The van der Waals surface area contributed by atoms with Crippen molar-refractivity contribution in [3.63, 3.8) is 0 Å². The van der Waals surface area contributed by atoms with Crippen LogP contribution in [0.5, 0.6) is 0 Å². The Kier molecular flexibility index (Phi) is 9.00. The average molecular weight is 510 g/mol. The summed E-state index contributed by atoms with van der Waals surface area (Å²) < 4.78 is 5.66. The van der Waals surface area contributed by atoms with E-state index in [1.807, 2.05) is 0 Å². The lowest BCUT2D eigenvalue weighted by atomic mass is 9.79. The van der Waals surface area contributed by atoms with E-state index >= 15 is 0 Å². The maximum absolute atomic E-state index is 13.6. The summed E-state index contributed by atoms with van der Waals surface area (Å²) in [5.74, 6) is 2.57. The van der Waals surface area contributed by atoms with E-state index in [-0.39, 0.29) is 0 Å². The van der Waals surface area contributed by atoms with Gasteiger partial charge in [-0.1, -0.05) is 51.5 Å². The zero-order valence-electron chi connectivity index (χ0n) is 23.8. The van der Waals surface area contributed by atoms with E-state index in [2.05, 4.69) is 53.8 Å². The van der Waals surface area contributed by atoms with Crippen LogP contribution in [0.4, 0.5) is 11.4 Å². The fraction of sp³-hybridized carbons (Fsp3) is 0.781. The smallest absolute Gasteiger partial charge is 0.224 e. The van der Waals surface area contributed by atoms with Gasteiger partial charge in [0.15, 0.2) is 0 Å². The van der Waals surface area contributed by atoms with Crippen molar-refractivity contribution in [3.05, 3.63) is 23.8 Å². The van der Waals surface area contributed by atoms with Gasteiger partial charge in [-0.15, -0.1) is 0 Å². The summed E-state index contributed by atoms with van der Waals surface area (Å²) in [5.41, 5.74) is 4.13. The van der Waals surface area contributed by atoms with Crippen molar-refractivity contribution in [2.24, 2.45) is 17.8 Å². The van der Waals surface area contributed by atoms with E-state index in [1.165, 1.54) is 87.6 Å². The summed E-state index contributed by atoms with van der Waals surface area (Å²) in [6.07, 6.45) is 16.2. The number of hydrogen-bond donors (Lipinski definition) is 0. The van der Waals surface area contributed by atoms with Crippen molar-refractivity contribution in [1.82, 2.24) is 4.90 Å². The highest BCUT2D eigenvalue weighted by Crippen LogP contribution is 2.46. The third-order valence-corrected chi connectivity index (χ3v) is 10.1. The molecule has 1 unspecified atom stereocenters. The molecule has 1 amide bonds. The molecular formula is C32H51N3O2. The van der Waals surface area contributed by atoms with Gasteiger partial charge in [-0.05, 0) is 80.9 Å². The number of hydrogen-bond acceptors (Lipinski definition) is 4. The summed E-state index contributed by atoms with van der Waals surface area (Å²) in [4.78, 5) is 20.9. The first-order valence-corrected chi connectivity index (χ1v) is 15.6. The van der Waals surface area contributed by atoms with E-state index in [0.717, 1.165) is 38.6 Å². The summed E-state index contributed by atoms with van der Waals surface area (Å²) in [7, 11) is 2.29. The predicted molar refractivity (Wildman–Crippen MR) is 153 cm³/mol. The zero-order chi connectivity index (χ0) is 25.8. The highest BCUT2D eigenvalue weighted by molar-refractivity contribution is 5.81. The van der Waals surface area contributed by atoms with Crippen molar-refractivity contribution in [3.8, 4) is 0 Å². The molecule has 1 aromatic rings. The first-order valence-electron chi connectivity index (χ1n) is 15.6. The van der Waals surface area contributed by atoms with E-state index in [1.54, 1.807) is 0 Å². The van der Waals surface area contributed by atoms with Gasteiger partial charge < -0.3 is 19.4 Å². The normalized spacial score (nSPS) is 28.5. The Bertz CT molecular complexity index is 884. The number of rotatable bonds is 9. The Morgan fingerprint density at radius 1 is 0.973 bits per heavy atom. The van der Waals surface area contributed by atoms with Crippen molar-refractivity contribution in [2.45, 2.75) is 110 Å². The van der Waals surface area contributed by atoms with E-state index in [4.69, 9.17) is 4.74 Å². The molecule has 0 radical (unpaired) electrons. The van der Waals surface area contributed by atoms with Crippen molar-refractivity contribution < 1.29 is 9.53 Å². The number of fused-ring (bicyclic) bond motifs is 1. The molecule has 5 heteroatoms. The van der Waals surface area contributed by atoms with Crippen LogP contribution >= 0.6 is 0 Å². The van der Waals surface area contributed by atoms with Crippen LogP contribution in [0.2, 0.25) is 0 Å².